The van der Waals surface area contributed by atoms with Crippen molar-refractivity contribution in [3.63, 3.8) is 0 Å². The van der Waals surface area contributed by atoms with E-state index in [1.165, 1.54) is 17.7 Å². The van der Waals surface area contributed by atoms with Crippen LogP contribution in [0, 0.1) is 0 Å². The smallest absolute Gasteiger partial charge is 0.413 e. The van der Waals surface area contributed by atoms with Gasteiger partial charge < -0.3 is 19.5 Å². The van der Waals surface area contributed by atoms with Crippen molar-refractivity contribution in [1.29, 1.82) is 0 Å². The van der Waals surface area contributed by atoms with Crippen LogP contribution in [0.5, 0.6) is 0 Å². The minimum Gasteiger partial charge on any atom is -0.480 e. The van der Waals surface area contributed by atoms with Crippen molar-refractivity contribution in [3.8, 4) is 0 Å². The summed E-state index contributed by atoms with van der Waals surface area (Å²) in [5.74, 6) is -1.04. The largest absolute Gasteiger partial charge is 0.480 e. The summed E-state index contributed by atoms with van der Waals surface area (Å²) in [5, 5.41) is 9.46. The molecule has 2 saturated heterocycles. The van der Waals surface area contributed by atoms with Crippen molar-refractivity contribution >= 4 is 12.1 Å². The van der Waals surface area contributed by atoms with Gasteiger partial charge in [-0.3, -0.25) is 4.90 Å². The molecule has 1 saturated carbocycles. The summed E-state index contributed by atoms with van der Waals surface area (Å²) in [6.07, 6.45) is 3.14. The van der Waals surface area contributed by atoms with Crippen LogP contribution in [0.25, 0.3) is 0 Å². The van der Waals surface area contributed by atoms with Crippen LogP contribution in [-0.2, 0) is 14.3 Å². The molecule has 3 fully saturated rings. The van der Waals surface area contributed by atoms with Gasteiger partial charge in [0, 0.05) is 32.0 Å². The lowest BCUT2D eigenvalue weighted by Crippen LogP contribution is -2.59. The third-order valence-electron chi connectivity index (χ3n) is 4.78. The topological polar surface area (TPSA) is 79.3 Å². The van der Waals surface area contributed by atoms with Gasteiger partial charge in [-0.25, -0.2) is 9.59 Å². The molecule has 0 aromatic heterocycles. The Morgan fingerprint density at radius 1 is 1.22 bits per heavy atom. The first-order valence-electron chi connectivity index (χ1n) is 8.35. The SMILES string of the molecule is CC(C)(C)OC(=O)N1C(C(=O)O)COC12CCN(C1CC1)CC2. The molecule has 0 aromatic rings. The Kier molecular flexibility index (Phi) is 4.04. The Bertz CT molecular complexity index is 489. The predicted molar refractivity (Wildman–Crippen MR) is 82.0 cm³/mol. The van der Waals surface area contributed by atoms with E-state index in [9.17, 15) is 14.7 Å². The van der Waals surface area contributed by atoms with E-state index in [4.69, 9.17) is 9.47 Å². The number of aliphatic carboxylic acids is 1. The van der Waals surface area contributed by atoms with Crippen LogP contribution in [0.4, 0.5) is 4.79 Å². The number of hydrogen-bond acceptors (Lipinski definition) is 5. The number of likely N-dealkylation sites (tertiary alicyclic amines) is 1. The van der Waals surface area contributed by atoms with Crippen molar-refractivity contribution in [1.82, 2.24) is 9.80 Å². The lowest BCUT2D eigenvalue weighted by molar-refractivity contribution is -0.146. The molecule has 3 aliphatic rings. The second kappa shape index (κ2) is 5.63. The lowest BCUT2D eigenvalue weighted by Gasteiger charge is -2.44. The fraction of sp³-hybridized carbons (Fsp3) is 0.875. The molecule has 2 aliphatic heterocycles. The Hall–Kier alpha value is -1.34. The van der Waals surface area contributed by atoms with E-state index in [0.717, 1.165) is 13.1 Å². The molecule has 1 atom stereocenters. The van der Waals surface area contributed by atoms with E-state index in [1.807, 2.05) is 0 Å². The highest BCUT2D eigenvalue weighted by atomic mass is 16.6. The van der Waals surface area contributed by atoms with Crippen molar-refractivity contribution in [3.05, 3.63) is 0 Å². The highest BCUT2D eigenvalue weighted by Crippen LogP contribution is 2.40. The summed E-state index contributed by atoms with van der Waals surface area (Å²) in [6.45, 7) is 7.02. The number of amides is 1. The fourth-order valence-electron chi connectivity index (χ4n) is 3.51. The van der Waals surface area contributed by atoms with Crippen LogP contribution < -0.4 is 0 Å². The molecule has 1 spiro atoms. The Morgan fingerprint density at radius 3 is 2.30 bits per heavy atom. The molecule has 130 valence electrons. The first kappa shape index (κ1) is 16.5. The van der Waals surface area contributed by atoms with Crippen LogP contribution in [0.3, 0.4) is 0 Å². The number of nitrogens with zero attached hydrogens (tertiary/aromatic N) is 2. The van der Waals surface area contributed by atoms with Gasteiger partial charge in [-0.2, -0.15) is 0 Å². The van der Waals surface area contributed by atoms with Gasteiger partial charge in [-0.1, -0.05) is 0 Å². The maximum absolute atomic E-state index is 12.6. The summed E-state index contributed by atoms with van der Waals surface area (Å²) in [5.41, 5.74) is -1.50. The van der Waals surface area contributed by atoms with Gasteiger partial charge in [-0.05, 0) is 33.6 Å². The normalized spacial score (nSPS) is 28.1. The number of ether oxygens (including phenoxy) is 2. The van der Waals surface area contributed by atoms with Crippen LogP contribution in [0.2, 0.25) is 0 Å². The summed E-state index contributed by atoms with van der Waals surface area (Å²) >= 11 is 0. The molecular formula is C16H26N2O5. The molecule has 1 aliphatic carbocycles. The molecule has 3 rings (SSSR count). The van der Waals surface area contributed by atoms with E-state index < -0.39 is 29.4 Å². The van der Waals surface area contributed by atoms with Crippen LogP contribution in [0.1, 0.15) is 46.5 Å². The van der Waals surface area contributed by atoms with Crippen molar-refractivity contribution in [2.24, 2.45) is 0 Å². The maximum Gasteiger partial charge on any atom is 0.413 e. The zero-order valence-corrected chi connectivity index (χ0v) is 14.1. The Balaban J connectivity index is 1.77. The Labute approximate surface area is 136 Å². The number of carbonyl (C=O) groups excluding carboxylic acids is 1. The minimum atomic E-state index is -1.04. The van der Waals surface area contributed by atoms with Gasteiger partial charge in [-0.15, -0.1) is 0 Å². The van der Waals surface area contributed by atoms with Gasteiger partial charge in [0.15, 0.2) is 6.04 Å². The molecule has 1 N–H and O–H groups in total. The van der Waals surface area contributed by atoms with Gasteiger partial charge in [0.2, 0.25) is 0 Å². The number of piperidine rings is 1. The molecule has 0 radical (unpaired) electrons. The quantitative estimate of drug-likeness (QED) is 0.831. The average Bonchev–Trinajstić information content (AvgIpc) is 3.20. The van der Waals surface area contributed by atoms with Crippen molar-refractivity contribution in [2.45, 2.75) is 69.9 Å². The van der Waals surface area contributed by atoms with Crippen molar-refractivity contribution in [2.75, 3.05) is 19.7 Å². The highest BCUT2D eigenvalue weighted by Gasteiger charge is 2.55. The summed E-state index contributed by atoms with van der Waals surface area (Å²) in [6, 6.07) is -0.309. The third kappa shape index (κ3) is 3.30. The van der Waals surface area contributed by atoms with Gasteiger partial charge >= 0.3 is 12.1 Å². The molecule has 1 amide bonds. The summed E-state index contributed by atoms with van der Waals surface area (Å²) in [7, 11) is 0. The van der Waals surface area contributed by atoms with E-state index in [1.54, 1.807) is 20.8 Å². The Morgan fingerprint density at radius 2 is 1.83 bits per heavy atom. The maximum atomic E-state index is 12.6. The monoisotopic (exact) mass is 326 g/mol. The van der Waals surface area contributed by atoms with Gasteiger partial charge in [0.1, 0.15) is 11.3 Å². The minimum absolute atomic E-state index is 0.0258. The molecule has 1 unspecified atom stereocenters. The number of carboxylic acids is 1. The third-order valence-corrected chi connectivity index (χ3v) is 4.78. The van der Waals surface area contributed by atoms with Crippen LogP contribution in [-0.4, -0.2) is 70.1 Å². The molecule has 7 nitrogen and oxygen atoms in total. The van der Waals surface area contributed by atoms with E-state index in [-0.39, 0.29) is 6.61 Å². The zero-order chi connectivity index (χ0) is 16.8. The first-order chi connectivity index (χ1) is 10.7. The first-order valence-corrected chi connectivity index (χ1v) is 8.35. The second-order valence-electron chi connectivity index (χ2n) is 7.73. The van der Waals surface area contributed by atoms with Crippen LogP contribution >= 0.6 is 0 Å². The number of carboxylic acid groups (broad SMARTS) is 1. The fourth-order valence-corrected chi connectivity index (χ4v) is 3.51. The molecular weight excluding hydrogens is 300 g/mol. The van der Waals surface area contributed by atoms with E-state index in [0.29, 0.717) is 18.9 Å². The number of hydrogen-bond donors (Lipinski definition) is 1. The van der Waals surface area contributed by atoms with E-state index >= 15 is 0 Å². The van der Waals surface area contributed by atoms with Crippen molar-refractivity contribution < 1.29 is 24.2 Å². The second-order valence-corrected chi connectivity index (χ2v) is 7.73. The molecule has 23 heavy (non-hydrogen) atoms. The molecule has 7 heteroatoms. The predicted octanol–water partition coefficient (Wildman–Crippen LogP) is 1.66. The van der Waals surface area contributed by atoms with E-state index in [2.05, 4.69) is 4.90 Å². The molecule has 2 heterocycles. The average molecular weight is 326 g/mol. The lowest BCUT2D eigenvalue weighted by atomic mass is 9.98. The molecule has 0 aromatic carbocycles. The number of carbonyl (C=O) groups is 2. The van der Waals surface area contributed by atoms with Gasteiger partial charge in [0.05, 0.1) is 6.61 Å². The van der Waals surface area contributed by atoms with Gasteiger partial charge in [0.25, 0.3) is 0 Å². The summed E-state index contributed by atoms with van der Waals surface area (Å²) in [4.78, 5) is 27.9. The molecule has 0 bridgehead atoms. The number of rotatable bonds is 2. The standard InChI is InChI=1S/C16H26N2O5/c1-15(2,3)23-14(21)18-12(13(19)20)10-22-16(18)6-8-17(9-7-16)11-4-5-11/h11-12H,4-10H2,1-3H3,(H,19,20). The van der Waals surface area contributed by atoms with Crippen LogP contribution in [0.15, 0.2) is 0 Å². The summed E-state index contributed by atoms with van der Waals surface area (Å²) < 4.78 is 11.3. The highest BCUT2D eigenvalue weighted by molar-refractivity contribution is 5.81. The zero-order valence-electron chi connectivity index (χ0n) is 14.1.